The Labute approximate surface area is 125 Å². The highest BCUT2D eigenvalue weighted by Crippen LogP contribution is 2.27. The van der Waals surface area contributed by atoms with Crippen LogP contribution in [0.2, 0.25) is 0 Å². The standard InChI is InChI=1S/C14H13N3OS2/c1-18-11-6-3-2-5-10(11)9-20-14-15-13(16-17-14)12-7-4-8-19-12/h2-8H,9H2,1H3,(H,15,16,17). The van der Waals surface area contributed by atoms with Gasteiger partial charge in [0.25, 0.3) is 0 Å². The van der Waals surface area contributed by atoms with Crippen molar-refractivity contribution in [2.45, 2.75) is 10.9 Å². The van der Waals surface area contributed by atoms with Crippen LogP contribution in [0.25, 0.3) is 10.7 Å². The second-order valence-corrected chi connectivity index (χ2v) is 5.93. The van der Waals surface area contributed by atoms with Crippen molar-refractivity contribution in [2.24, 2.45) is 0 Å². The quantitative estimate of drug-likeness (QED) is 0.728. The van der Waals surface area contributed by atoms with Gasteiger partial charge in [-0.3, -0.25) is 5.10 Å². The van der Waals surface area contributed by atoms with E-state index in [1.165, 1.54) is 0 Å². The number of para-hydroxylation sites is 1. The zero-order chi connectivity index (χ0) is 13.8. The van der Waals surface area contributed by atoms with E-state index in [-0.39, 0.29) is 0 Å². The maximum Gasteiger partial charge on any atom is 0.209 e. The van der Waals surface area contributed by atoms with Crippen LogP contribution >= 0.6 is 23.1 Å². The number of hydrogen-bond acceptors (Lipinski definition) is 5. The summed E-state index contributed by atoms with van der Waals surface area (Å²) in [5.41, 5.74) is 1.14. The maximum atomic E-state index is 5.34. The minimum Gasteiger partial charge on any atom is -0.496 e. The van der Waals surface area contributed by atoms with Crippen molar-refractivity contribution >= 4 is 23.1 Å². The molecule has 0 saturated heterocycles. The number of nitrogens with zero attached hydrogens (tertiary/aromatic N) is 2. The number of H-pyrrole nitrogens is 1. The predicted octanol–water partition coefficient (Wildman–Crippen LogP) is 3.83. The SMILES string of the molecule is COc1ccccc1CSc1n[nH]c(-c2cccs2)n1. The molecule has 1 aromatic carbocycles. The summed E-state index contributed by atoms with van der Waals surface area (Å²) in [5, 5.41) is 9.98. The summed E-state index contributed by atoms with van der Waals surface area (Å²) in [5.74, 6) is 2.50. The first-order chi connectivity index (χ1) is 9.86. The van der Waals surface area contributed by atoms with E-state index in [0.717, 1.165) is 32.9 Å². The molecule has 0 fully saturated rings. The van der Waals surface area contributed by atoms with Crippen LogP contribution < -0.4 is 4.74 Å². The lowest BCUT2D eigenvalue weighted by Crippen LogP contribution is -1.89. The van der Waals surface area contributed by atoms with Crippen molar-refractivity contribution in [3.63, 3.8) is 0 Å². The molecule has 2 aromatic heterocycles. The van der Waals surface area contributed by atoms with Crippen molar-refractivity contribution < 1.29 is 4.74 Å². The van der Waals surface area contributed by atoms with E-state index < -0.39 is 0 Å². The lowest BCUT2D eigenvalue weighted by Gasteiger charge is -2.05. The lowest BCUT2D eigenvalue weighted by atomic mass is 10.2. The summed E-state index contributed by atoms with van der Waals surface area (Å²) < 4.78 is 5.34. The topological polar surface area (TPSA) is 50.8 Å². The van der Waals surface area contributed by atoms with Crippen LogP contribution in [-0.2, 0) is 5.75 Å². The summed E-state index contributed by atoms with van der Waals surface area (Å²) in [4.78, 5) is 5.59. The van der Waals surface area contributed by atoms with Crippen molar-refractivity contribution in [1.82, 2.24) is 15.2 Å². The van der Waals surface area contributed by atoms with E-state index in [1.807, 2.05) is 35.7 Å². The van der Waals surface area contributed by atoms with E-state index in [2.05, 4.69) is 21.2 Å². The van der Waals surface area contributed by atoms with Gasteiger partial charge < -0.3 is 4.74 Å². The Balaban J connectivity index is 1.70. The molecule has 0 amide bonds. The molecule has 102 valence electrons. The number of thiophene rings is 1. The van der Waals surface area contributed by atoms with Crippen molar-refractivity contribution in [3.05, 3.63) is 47.3 Å². The maximum absolute atomic E-state index is 5.34. The molecule has 0 aliphatic carbocycles. The molecule has 0 aliphatic heterocycles. The molecule has 0 atom stereocenters. The highest BCUT2D eigenvalue weighted by atomic mass is 32.2. The molecule has 3 rings (SSSR count). The van der Waals surface area contributed by atoms with E-state index in [9.17, 15) is 0 Å². The van der Waals surface area contributed by atoms with Gasteiger partial charge in [-0.05, 0) is 17.5 Å². The van der Waals surface area contributed by atoms with E-state index in [0.29, 0.717) is 0 Å². The number of methoxy groups -OCH3 is 1. The largest absolute Gasteiger partial charge is 0.496 e. The van der Waals surface area contributed by atoms with Gasteiger partial charge in [0, 0.05) is 11.3 Å². The molecule has 0 unspecified atom stereocenters. The fraction of sp³-hybridized carbons (Fsp3) is 0.143. The van der Waals surface area contributed by atoms with Gasteiger partial charge in [-0.15, -0.1) is 16.4 Å². The van der Waals surface area contributed by atoms with Crippen LogP contribution in [0, 0.1) is 0 Å². The van der Waals surface area contributed by atoms with Gasteiger partial charge in [0.15, 0.2) is 5.82 Å². The molecule has 4 nitrogen and oxygen atoms in total. The van der Waals surface area contributed by atoms with Crippen LogP contribution in [-0.4, -0.2) is 22.3 Å². The van der Waals surface area contributed by atoms with Crippen LogP contribution in [0.4, 0.5) is 0 Å². The summed E-state index contributed by atoms with van der Waals surface area (Å²) in [6.07, 6.45) is 0. The van der Waals surface area contributed by atoms with Crippen molar-refractivity contribution in [3.8, 4) is 16.5 Å². The van der Waals surface area contributed by atoms with Gasteiger partial charge >= 0.3 is 0 Å². The summed E-state index contributed by atoms with van der Waals surface area (Å²) in [7, 11) is 1.69. The first-order valence-electron chi connectivity index (χ1n) is 6.08. The predicted molar refractivity (Wildman–Crippen MR) is 82.3 cm³/mol. The van der Waals surface area contributed by atoms with Gasteiger partial charge in [-0.25, -0.2) is 4.98 Å². The minimum absolute atomic E-state index is 0.749. The minimum atomic E-state index is 0.749. The molecule has 0 bridgehead atoms. The molecule has 0 spiro atoms. The number of aromatic nitrogens is 3. The first kappa shape index (κ1) is 13.2. The van der Waals surface area contributed by atoms with E-state index in [1.54, 1.807) is 30.2 Å². The summed E-state index contributed by atoms with van der Waals surface area (Å²) >= 11 is 3.24. The number of ether oxygens (including phenoxy) is 1. The summed E-state index contributed by atoms with van der Waals surface area (Å²) in [6, 6.07) is 12.0. The Morgan fingerprint density at radius 2 is 2.15 bits per heavy atom. The molecule has 2 heterocycles. The smallest absolute Gasteiger partial charge is 0.209 e. The normalized spacial score (nSPS) is 10.7. The van der Waals surface area contributed by atoms with Crippen molar-refractivity contribution in [1.29, 1.82) is 0 Å². The second kappa shape index (κ2) is 6.11. The van der Waals surface area contributed by atoms with Gasteiger partial charge in [0.1, 0.15) is 5.75 Å². The molecule has 1 N–H and O–H groups in total. The molecule has 3 aromatic rings. The highest BCUT2D eigenvalue weighted by molar-refractivity contribution is 7.98. The average Bonchev–Trinajstić information content (AvgIpc) is 3.16. The Hall–Kier alpha value is -1.79. The fourth-order valence-electron chi connectivity index (χ4n) is 1.80. The van der Waals surface area contributed by atoms with Gasteiger partial charge in [-0.2, -0.15) is 0 Å². The fourth-order valence-corrected chi connectivity index (χ4v) is 3.25. The third-order valence-corrected chi connectivity index (χ3v) is 4.54. The Bertz CT molecular complexity index is 679. The number of aromatic amines is 1. The van der Waals surface area contributed by atoms with E-state index >= 15 is 0 Å². The number of benzene rings is 1. The zero-order valence-electron chi connectivity index (χ0n) is 10.9. The Kier molecular flexibility index (Phi) is 4.03. The molecule has 0 radical (unpaired) electrons. The monoisotopic (exact) mass is 303 g/mol. The second-order valence-electron chi connectivity index (χ2n) is 4.04. The number of hydrogen-bond donors (Lipinski definition) is 1. The molecule has 20 heavy (non-hydrogen) atoms. The molecule has 0 saturated carbocycles. The third-order valence-electron chi connectivity index (χ3n) is 2.77. The third kappa shape index (κ3) is 2.86. The molecular weight excluding hydrogens is 290 g/mol. The van der Waals surface area contributed by atoms with Gasteiger partial charge in [0.05, 0.1) is 12.0 Å². The molecular formula is C14H13N3OS2. The number of rotatable bonds is 5. The lowest BCUT2D eigenvalue weighted by molar-refractivity contribution is 0.411. The van der Waals surface area contributed by atoms with Crippen LogP contribution in [0.3, 0.4) is 0 Å². The number of thioether (sulfide) groups is 1. The number of nitrogens with one attached hydrogen (secondary N) is 1. The Morgan fingerprint density at radius 1 is 1.25 bits per heavy atom. The molecule has 6 heteroatoms. The Morgan fingerprint density at radius 3 is 2.95 bits per heavy atom. The van der Waals surface area contributed by atoms with Gasteiger partial charge in [0.2, 0.25) is 5.16 Å². The molecule has 0 aliphatic rings. The van der Waals surface area contributed by atoms with Crippen LogP contribution in [0.5, 0.6) is 5.75 Å². The van der Waals surface area contributed by atoms with E-state index in [4.69, 9.17) is 4.74 Å². The van der Waals surface area contributed by atoms with Crippen LogP contribution in [0.1, 0.15) is 5.56 Å². The van der Waals surface area contributed by atoms with Crippen molar-refractivity contribution in [2.75, 3.05) is 7.11 Å². The van der Waals surface area contributed by atoms with Gasteiger partial charge in [-0.1, -0.05) is 36.0 Å². The zero-order valence-corrected chi connectivity index (χ0v) is 12.5. The highest BCUT2D eigenvalue weighted by Gasteiger charge is 2.08. The average molecular weight is 303 g/mol. The van der Waals surface area contributed by atoms with Crippen LogP contribution in [0.15, 0.2) is 46.9 Å². The summed E-state index contributed by atoms with van der Waals surface area (Å²) in [6.45, 7) is 0. The first-order valence-corrected chi connectivity index (χ1v) is 7.94.